The summed E-state index contributed by atoms with van der Waals surface area (Å²) in [5.41, 5.74) is 1.61. The first-order chi connectivity index (χ1) is 11.2. The molecule has 116 valence electrons. The average molecular weight is 328 g/mol. The fourth-order valence-electron chi connectivity index (χ4n) is 2.98. The van der Waals surface area contributed by atoms with Crippen molar-refractivity contribution < 1.29 is 4.39 Å². The summed E-state index contributed by atoms with van der Waals surface area (Å²) >= 11 is 6.13. The topological polar surface area (TPSA) is 29.0 Å². The first-order valence-electron chi connectivity index (χ1n) is 7.69. The lowest BCUT2D eigenvalue weighted by atomic mass is 10.1. The molecule has 0 aliphatic carbocycles. The molecule has 3 aromatic rings. The number of anilines is 1. The smallest absolute Gasteiger partial charge is 0.162 e. The van der Waals surface area contributed by atoms with Crippen LogP contribution in [0.4, 0.5) is 10.2 Å². The first kappa shape index (κ1) is 14.4. The molecule has 1 saturated heterocycles. The van der Waals surface area contributed by atoms with Crippen LogP contribution in [0.1, 0.15) is 12.8 Å². The van der Waals surface area contributed by atoms with Gasteiger partial charge in [0.05, 0.1) is 5.52 Å². The highest BCUT2D eigenvalue weighted by Gasteiger charge is 2.18. The van der Waals surface area contributed by atoms with E-state index in [1.165, 1.54) is 25.0 Å². The van der Waals surface area contributed by atoms with Crippen molar-refractivity contribution in [1.29, 1.82) is 0 Å². The van der Waals surface area contributed by atoms with E-state index < -0.39 is 0 Å². The van der Waals surface area contributed by atoms with Crippen LogP contribution < -0.4 is 4.90 Å². The maximum absolute atomic E-state index is 13.2. The summed E-state index contributed by atoms with van der Waals surface area (Å²) in [6.07, 6.45) is 2.34. The molecular weight excluding hydrogens is 313 g/mol. The Labute approximate surface area is 138 Å². The molecule has 1 aliphatic heterocycles. The monoisotopic (exact) mass is 327 g/mol. The molecule has 0 radical (unpaired) electrons. The van der Waals surface area contributed by atoms with Gasteiger partial charge in [-0.15, -0.1) is 0 Å². The molecule has 0 saturated carbocycles. The van der Waals surface area contributed by atoms with E-state index in [9.17, 15) is 4.39 Å². The SMILES string of the molecule is Fc1ccc(-c2nc(N3CCCC3)c3ccc(Cl)cc3n2)cc1. The molecule has 3 nitrogen and oxygen atoms in total. The molecule has 5 heteroatoms. The van der Waals surface area contributed by atoms with Gasteiger partial charge < -0.3 is 4.90 Å². The Balaban J connectivity index is 1.92. The standard InChI is InChI=1S/C18H15ClFN3/c19-13-5-8-15-16(11-13)21-17(12-3-6-14(20)7-4-12)22-18(15)23-9-1-2-10-23/h3-8,11H,1-2,9-10H2. The summed E-state index contributed by atoms with van der Waals surface area (Å²) in [4.78, 5) is 11.7. The van der Waals surface area contributed by atoms with Gasteiger partial charge in [0.1, 0.15) is 11.6 Å². The molecule has 23 heavy (non-hydrogen) atoms. The number of halogens is 2. The van der Waals surface area contributed by atoms with Crippen LogP contribution in [0.3, 0.4) is 0 Å². The number of hydrogen-bond acceptors (Lipinski definition) is 3. The van der Waals surface area contributed by atoms with Gasteiger partial charge in [0.2, 0.25) is 0 Å². The number of nitrogens with zero attached hydrogens (tertiary/aromatic N) is 3. The summed E-state index contributed by atoms with van der Waals surface area (Å²) in [6, 6.07) is 12.0. The number of hydrogen-bond donors (Lipinski definition) is 0. The minimum absolute atomic E-state index is 0.266. The van der Waals surface area contributed by atoms with Crippen LogP contribution in [0.25, 0.3) is 22.3 Å². The Morgan fingerprint density at radius 1 is 0.957 bits per heavy atom. The third kappa shape index (κ3) is 2.75. The van der Waals surface area contributed by atoms with Gasteiger partial charge in [0, 0.05) is 29.1 Å². The lowest BCUT2D eigenvalue weighted by Crippen LogP contribution is -2.20. The van der Waals surface area contributed by atoms with Crippen molar-refractivity contribution in [2.45, 2.75) is 12.8 Å². The van der Waals surface area contributed by atoms with Crippen molar-refractivity contribution in [3.05, 3.63) is 53.3 Å². The minimum Gasteiger partial charge on any atom is -0.356 e. The Bertz CT molecular complexity index is 858. The van der Waals surface area contributed by atoms with Gasteiger partial charge in [-0.1, -0.05) is 11.6 Å². The maximum atomic E-state index is 13.2. The molecule has 2 aromatic carbocycles. The predicted molar refractivity (Wildman–Crippen MR) is 91.4 cm³/mol. The Hall–Kier alpha value is -2.20. The molecule has 0 N–H and O–H groups in total. The van der Waals surface area contributed by atoms with Crippen molar-refractivity contribution in [3.63, 3.8) is 0 Å². The zero-order valence-electron chi connectivity index (χ0n) is 12.5. The number of benzene rings is 2. The highest BCUT2D eigenvalue weighted by atomic mass is 35.5. The van der Waals surface area contributed by atoms with E-state index in [1.807, 2.05) is 18.2 Å². The van der Waals surface area contributed by atoms with E-state index in [-0.39, 0.29) is 5.82 Å². The van der Waals surface area contributed by atoms with Crippen molar-refractivity contribution in [2.24, 2.45) is 0 Å². The van der Waals surface area contributed by atoms with Gasteiger partial charge in [-0.25, -0.2) is 14.4 Å². The van der Waals surface area contributed by atoms with Gasteiger partial charge >= 0.3 is 0 Å². The third-order valence-electron chi connectivity index (χ3n) is 4.15. The fourth-order valence-corrected chi connectivity index (χ4v) is 3.15. The normalized spacial score (nSPS) is 14.6. The van der Waals surface area contributed by atoms with E-state index in [4.69, 9.17) is 16.6 Å². The van der Waals surface area contributed by atoms with E-state index in [1.54, 1.807) is 12.1 Å². The van der Waals surface area contributed by atoms with Gasteiger partial charge in [-0.3, -0.25) is 0 Å². The molecule has 1 aromatic heterocycles. The van der Waals surface area contributed by atoms with Crippen LogP contribution in [0, 0.1) is 5.82 Å². The molecule has 4 rings (SSSR count). The molecular formula is C18H15ClFN3. The summed E-state index contributed by atoms with van der Waals surface area (Å²) in [5.74, 6) is 1.27. The van der Waals surface area contributed by atoms with Gasteiger partial charge in [0.15, 0.2) is 5.82 Å². The maximum Gasteiger partial charge on any atom is 0.162 e. The summed E-state index contributed by atoms with van der Waals surface area (Å²) in [5, 5.41) is 1.65. The molecule has 0 bridgehead atoms. The number of fused-ring (bicyclic) bond motifs is 1. The van der Waals surface area contributed by atoms with Crippen molar-refractivity contribution in [2.75, 3.05) is 18.0 Å². The van der Waals surface area contributed by atoms with Crippen LogP contribution in [0.2, 0.25) is 5.02 Å². The van der Waals surface area contributed by atoms with Gasteiger partial charge in [-0.05, 0) is 55.3 Å². The Morgan fingerprint density at radius 3 is 2.43 bits per heavy atom. The zero-order valence-corrected chi connectivity index (χ0v) is 13.2. The van der Waals surface area contributed by atoms with E-state index in [0.717, 1.165) is 35.4 Å². The minimum atomic E-state index is -0.266. The number of rotatable bonds is 2. The fraction of sp³-hybridized carbons (Fsp3) is 0.222. The molecule has 0 unspecified atom stereocenters. The molecule has 1 aliphatic rings. The van der Waals surface area contributed by atoms with Crippen LogP contribution in [0.15, 0.2) is 42.5 Å². The predicted octanol–water partition coefficient (Wildman–Crippen LogP) is 4.69. The molecule has 2 heterocycles. The Morgan fingerprint density at radius 2 is 1.70 bits per heavy atom. The molecule has 0 spiro atoms. The summed E-state index contributed by atoms with van der Waals surface area (Å²) in [6.45, 7) is 2.00. The second kappa shape index (κ2) is 5.78. The third-order valence-corrected chi connectivity index (χ3v) is 4.38. The van der Waals surface area contributed by atoms with Crippen LogP contribution in [-0.2, 0) is 0 Å². The van der Waals surface area contributed by atoms with E-state index in [2.05, 4.69) is 9.88 Å². The second-order valence-corrected chi connectivity index (χ2v) is 6.17. The summed E-state index contributed by atoms with van der Waals surface area (Å²) in [7, 11) is 0. The first-order valence-corrected chi connectivity index (χ1v) is 8.07. The van der Waals surface area contributed by atoms with Gasteiger partial charge in [-0.2, -0.15) is 0 Å². The highest BCUT2D eigenvalue weighted by molar-refractivity contribution is 6.31. The van der Waals surface area contributed by atoms with Crippen molar-refractivity contribution >= 4 is 28.3 Å². The molecule has 0 amide bonds. The lowest BCUT2D eigenvalue weighted by molar-refractivity contribution is 0.628. The largest absolute Gasteiger partial charge is 0.356 e. The van der Waals surface area contributed by atoms with E-state index in [0.29, 0.717) is 10.8 Å². The summed E-state index contributed by atoms with van der Waals surface area (Å²) < 4.78 is 13.2. The second-order valence-electron chi connectivity index (χ2n) is 5.73. The Kier molecular flexibility index (Phi) is 3.62. The van der Waals surface area contributed by atoms with Gasteiger partial charge in [0.25, 0.3) is 0 Å². The molecule has 0 atom stereocenters. The lowest BCUT2D eigenvalue weighted by Gasteiger charge is -2.19. The average Bonchev–Trinajstić information content (AvgIpc) is 3.08. The van der Waals surface area contributed by atoms with Crippen LogP contribution >= 0.6 is 11.6 Å². The van der Waals surface area contributed by atoms with E-state index >= 15 is 0 Å². The number of aromatic nitrogens is 2. The van der Waals surface area contributed by atoms with Crippen molar-refractivity contribution in [1.82, 2.24) is 9.97 Å². The highest BCUT2D eigenvalue weighted by Crippen LogP contribution is 2.31. The zero-order chi connectivity index (χ0) is 15.8. The van der Waals surface area contributed by atoms with Crippen LogP contribution in [-0.4, -0.2) is 23.1 Å². The quantitative estimate of drug-likeness (QED) is 0.683. The van der Waals surface area contributed by atoms with Crippen LogP contribution in [0.5, 0.6) is 0 Å². The molecule has 1 fully saturated rings. The van der Waals surface area contributed by atoms with Crippen molar-refractivity contribution in [3.8, 4) is 11.4 Å².